The van der Waals surface area contributed by atoms with Crippen LogP contribution in [0.1, 0.15) is 6.92 Å². The minimum absolute atomic E-state index is 0.0221. The molecular formula is C16H19F2N3O2S2. The molecule has 2 saturated heterocycles. The number of nitrogens with one attached hydrogen (secondary N) is 1. The van der Waals surface area contributed by atoms with Crippen molar-refractivity contribution in [3.05, 3.63) is 23.8 Å². The van der Waals surface area contributed by atoms with Gasteiger partial charge in [-0.05, 0) is 6.92 Å². The lowest BCUT2D eigenvalue weighted by Gasteiger charge is -2.29. The molecule has 0 radical (unpaired) electrons. The fourth-order valence-electron chi connectivity index (χ4n) is 2.89. The van der Waals surface area contributed by atoms with Crippen LogP contribution in [0, 0.1) is 11.6 Å². The number of carbonyl (C=O) groups excluding carboxylic acids is 1. The van der Waals surface area contributed by atoms with Crippen molar-refractivity contribution in [1.82, 2.24) is 5.32 Å². The lowest BCUT2D eigenvalue weighted by molar-refractivity contribution is 0.143. The molecule has 2 fully saturated rings. The van der Waals surface area contributed by atoms with Gasteiger partial charge in [0.15, 0.2) is 11.6 Å². The largest absolute Gasteiger partial charge is 0.442 e. The smallest absolute Gasteiger partial charge is 0.414 e. The molecule has 1 N–H and O–H groups in total. The van der Waals surface area contributed by atoms with Crippen LogP contribution in [0.3, 0.4) is 0 Å². The average molecular weight is 387 g/mol. The van der Waals surface area contributed by atoms with Crippen LogP contribution < -0.4 is 15.1 Å². The Kier molecular flexibility index (Phi) is 5.63. The highest BCUT2D eigenvalue weighted by Gasteiger charge is 2.33. The van der Waals surface area contributed by atoms with E-state index in [1.807, 2.05) is 0 Å². The zero-order chi connectivity index (χ0) is 18.0. The van der Waals surface area contributed by atoms with Gasteiger partial charge < -0.3 is 15.0 Å². The number of halogens is 2. The number of rotatable bonds is 4. The Morgan fingerprint density at radius 1 is 1.36 bits per heavy atom. The Morgan fingerprint density at radius 2 is 2.00 bits per heavy atom. The molecule has 1 amide bonds. The van der Waals surface area contributed by atoms with Crippen molar-refractivity contribution < 1.29 is 18.3 Å². The Labute approximate surface area is 154 Å². The molecule has 0 aliphatic carbocycles. The highest BCUT2D eigenvalue weighted by molar-refractivity contribution is 7.99. The predicted molar refractivity (Wildman–Crippen MR) is 99.8 cm³/mol. The van der Waals surface area contributed by atoms with Gasteiger partial charge in [0, 0.05) is 36.7 Å². The molecule has 2 aliphatic rings. The normalized spacial score (nSPS) is 20.6. The molecule has 5 nitrogen and oxygen atoms in total. The molecule has 136 valence electrons. The molecule has 1 aromatic carbocycles. The van der Waals surface area contributed by atoms with E-state index in [4.69, 9.17) is 17.0 Å². The van der Waals surface area contributed by atoms with Gasteiger partial charge in [-0.1, -0.05) is 12.2 Å². The third kappa shape index (κ3) is 4.14. The fourth-order valence-corrected chi connectivity index (χ4v) is 3.88. The fraction of sp³-hybridized carbons (Fsp3) is 0.500. The van der Waals surface area contributed by atoms with Crippen molar-refractivity contribution in [2.24, 2.45) is 0 Å². The number of benzene rings is 1. The van der Waals surface area contributed by atoms with Crippen molar-refractivity contribution in [2.45, 2.75) is 13.0 Å². The highest BCUT2D eigenvalue weighted by atomic mass is 32.2. The summed E-state index contributed by atoms with van der Waals surface area (Å²) >= 11 is 6.69. The van der Waals surface area contributed by atoms with E-state index in [0.717, 1.165) is 11.5 Å². The van der Waals surface area contributed by atoms with Gasteiger partial charge >= 0.3 is 6.09 Å². The van der Waals surface area contributed by atoms with Gasteiger partial charge in [0.2, 0.25) is 0 Å². The zero-order valence-electron chi connectivity index (χ0n) is 13.8. The first kappa shape index (κ1) is 18.2. The molecule has 1 atom stereocenters. The number of amides is 1. The molecule has 0 saturated carbocycles. The van der Waals surface area contributed by atoms with Gasteiger partial charge in [-0.3, -0.25) is 4.90 Å². The standard InChI is InChI=1S/C16H19F2N3O2S2/c1-10(24)19-8-12-9-21(16(22)23-12)11-6-13(17)15(14(18)7-11)20-2-4-25-5-3-20/h6-7,12H,2-5,8-9H2,1H3,(H,19,24). The summed E-state index contributed by atoms with van der Waals surface area (Å²) < 4.78 is 34.3. The van der Waals surface area contributed by atoms with E-state index in [1.54, 1.807) is 23.6 Å². The number of cyclic esters (lactones) is 1. The maximum absolute atomic E-state index is 14.5. The maximum atomic E-state index is 14.5. The van der Waals surface area contributed by atoms with Crippen molar-refractivity contribution in [3.8, 4) is 0 Å². The van der Waals surface area contributed by atoms with Crippen molar-refractivity contribution in [1.29, 1.82) is 0 Å². The average Bonchev–Trinajstić information content (AvgIpc) is 2.94. The van der Waals surface area contributed by atoms with E-state index in [2.05, 4.69) is 5.32 Å². The minimum atomic E-state index is -0.661. The van der Waals surface area contributed by atoms with Crippen LogP contribution in [0.5, 0.6) is 0 Å². The lowest BCUT2D eigenvalue weighted by atomic mass is 10.2. The quantitative estimate of drug-likeness (QED) is 0.802. The number of ether oxygens (including phenoxy) is 1. The summed E-state index contributed by atoms with van der Waals surface area (Å²) in [5, 5.41) is 2.93. The summed E-state index contributed by atoms with van der Waals surface area (Å²) in [6, 6.07) is 2.39. The minimum Gasteiger partial charge on any atom is -0.442 e. The lowest BCUT2D eigenvalue weighted by Crippen LogP contribution is -2.34. The van der Waals surface area contributed by atoms with Crippen molar-refractivity contribution >= 4 is 46.4 Å². The number of hydrogen-bond donors (Lipinski definition) is 1. The first-order chi connectivity index (χ1) is 12.0. The second-order valence-corrected chi connectivity index (χ2v) is 7.75. The Morgan fingerprint density at radius 3 is 2.60 bits per heavy atom. The molecule has 3 rings (SSSR count). The topological polar surface area (TPSA) is 44.8 Å². The van der Waals surface area contributed by atoms with E-state index in [0.29, 0.717) is 24.6 Å². The van der Waals surface area contributed by atoms with E-state index < -0.39 is 23.8 Å². The number of carbonyl (C=O) groups is 1. The third-order valence-corrected chi connectivity index (χ3v) is 5.18. The third-order valence-electron chi connectivity index (χ3n) is 4.09. The van der Waals surface area contributed by atoms with Gasteiger partial charge in [0.25, 0.3) is 0 Å². The Balaban J connectivity index is 1.76. The molecule has 0 bridgehead atoms. The van der Waals surface area contributed by atoms with E-state index in [1.165, 1.54) is 17.0 Å². The molecule has 0 spiro atoms. The maximum Gasteiger partial charge on any atom is 0.414 e. The van der Waals surface area contributed by atoms with E-state index >= 15 is 0 Å². The second-order valence-electron chi connectivity index (χ2n) is 5.91. The van der Waals surface area contributed by atoms with E-state index in [-0.39, 0.29) is 17.9 Å². The summed E-state index contributed by atoms with van der Waals surface area (Å²) in [7, 11) is 0. The predicted octanol–water partition coefficient (Wildman–Crippen LogP) is 2.78. The van der Waals surface area contributed by atoms with Gasteiger partial charge in [-0.2, -0.15) is 11.8 Å². The number of thiocarbonyl (C=S) groups is 1. The molecule has 9 heteroatoms. The number of hydrogen-bond acceptors (Lipinski definition) is 5. The van der Waals surface area contributed by atoms with Crippen LogP contribution in [0.4, 0.5) is 25.0 Å². The van der Waals surface area contributed by atoms with Crippen LogP contribution in [0.15, 0.2) is 12.1 Å². The molecule has 25 heavy (non-hydrogen) atoms. The molecule has 0 aromatic heterocycles. The van der Waals surface area contributed by atoms with Crippen LogP contribution in [0.25, 0.3) is 0 Å². The molecule has 2 aliphatic heterocycles. The van der Waals surface area contributed by atoms with Gasteiger partial charge in [0.1, 0.15) is 11.8 Å². The highest BCUT2D eigenvalue weighted by Crippen LogP contribution is 2.32. The Hall–Kier alpha value is -1.61. The van der Waals surface area contributed by atoms with Crippen LogP contribution in [0.2, 0.25) is 0 Å². The summed E-state index contributed by atoms with van der Waals surface area (Å²) in [5.41, 5.74) is 0.142. The van der Waals surface area contributed by atoms with Gasteiger partial charge in [-0.25, -0.2) is 13.6 Å². The monoisotopic (exact) mass is 387 g/mol. The van der Waals surface area contributed by atoms with Crippen molar-refractivity contribution in [3.63, 3.8) is 0 Å². The summed E-state index contributed by atoms with van der Waals surface area (Å²) in [6.45, 7) is 3.52. The zero-order valence-corrected chi connectivity index (χ0v) is 15.4. The van der Waals surface area contributed by atoms with E-state index in [9.17, 15) is 13.6 Å². The molecule has 1 unspecified atom stereocenters. The SMILES string of the molecule is CC(=S)NCC1CN(c2cc(F)c(N3CCSCC3)c(F)c2)C(=O)O1. The number of nitrogens with zero attached hydrogens (tertiary/aromatic N) is 2. The van der Waals surface area contributed by atoms with Crippen LogP contribution >= 0.6 is 24.0 Å². The van der Waals surface area contributed by atoms with Crippen LogP contribution in [-0.2, 0) is 4.74 Å². The number of anilines is 2. The number of thioether (sulfide) groups is 1. The molecular weight excluding hydrogens is 368 g/mol. The second kappa shape index (κ2) is 7.74. The molecule has 1 aromatic rings. The summed E-state index contributed by atoms with van der Waals surface area (Å²) in [5.74, 6) is 0.358. The summed E-state index contributed by atoms with van der Waals surface area (Å²) in [6.07, 6.45) is -1.04. The van der Waals surface area contributed by atoms with Gasteiger partial charge in [-0.15, -0.1) is 0 Å². The summed E-state index contributed by atoms with van der Waals surface area (Å²) in [4.78, 5) is 15.6. The van der Waals surface area contributed by atoms with Crippen molar-refractivity contribution in [2.75, 3.05) is 47.5 Å². The first-order valence-electron chi connectivity index (χ1n) is 8.00. The first-order valence-corrected chi connectivity index (χ1v) is 9.56. The van der Waals surface area contributed by atoms with Gasteiger partial charge in [0.05, 0.1) is 23.8 Å². The van der Waals surface area contributed by atoms with Crippen LogP contribution in [-0.4, -0.2) is 54.9 Å². The molecule has 2 heterocycles. The Bertz CT molecular complexity index is 660.